The summed E-state index contributed by atoms with van der Waals surface area (Å²) < 4.78 is 1.80. The van der Waals surface area contributed by atoms with Crippen molar-refractivity contribution < 1.29 is 4.79 Å². The van der Waals surface area contributed by atoms with Gasteiger partial charge in [-0.3, -0.25) is 4.79 Å². The number of rotatable bonds is 8. The van der Waals surface area contributed by atoms with E-state index in [0.717, 1.165) is 24.2 Å². The van der Waals surface area contributed by atoms with Crippen molar-refractivity contribution in [2.24, 2.45) is 0 Å². The predicted octanol–water partition coefficient (Wildman–Crippen LogP) is 3.11. The minimum absolute atomic E-state index is 0.0686. The Morgan fingerprint density at radius 1 is 1.19 bits per heavy atom. The molecule has 0 saturated heterocycles. The lowest BCUT2D eigenvalue weighted by Gasteiger charge is -2.03. The van der Waals surface area contributed by atoms with Crippen molar-refractivity contribution in [1.82, 2.24) is 15.1 Å². The van der Waals surface area contributed by atoms with E-state index >= 15 is 0 Å². The minimum Gasteiger partial charge on any atom is -0.356 e. The van der Waals surface area contributed by atoms with E-state index in [4.69, 9.17) is 0 Å². The van der Waals surface area contributed by atoms with Crippen LogP contribution < -0.4 is 5.32 Å². The van der Waals surface area contributed by atoms with E-state index in [1.54, 1.807) is 10.9 Å². The Bertz CT molecular complexity index is 548. The van der Waals surface area contributed by atoms with E-state index in [1.807, 2.05) is 36.5 Å². The van der Waals surface area contributed by atoms with Crippen LogP contribution in [-0.2, 0) is 11.2 Å². The molecule has 0 spiro atoms. The molecule has 0 bridgehead atoms. The van der Waals surface area contributed by atoms with E-state index < -0.39 is 0 Å². The van der Waals surface area contributed by atoms with Gasteiger partial charge in [0.05, 0.1) is 18.3 Å². The maximum atomic E-state index is 11.8. The zero-order valence-electron chi connectivity index (χ0n) is 12.6. The lowest BCUT2D eigenvalue weighted by molar-refractivity contribution is -0.120. The lowest BCUT2D eigenvalue weighted by Crippen LogP contribution is -2.25. The van der Waals surface area contributed by atoms with Gasteiger partial charge >= 0.3 is 0 Å². The molecule has 0 radical (unpaired) electrons. The maximum Gasteiger partial charge on any atom is 0.224 e. The quantitative estimate of drug-likeness (QED) is 0.758. The van der Waals surface area contributed by atoms with Crippen molar-refractivity contribution in [2.45, 2.75) is 39.0 Å². The van der Waals surface area contributed by atoms with Gasteiger partial charge in [-0.25, -0.2) is 4.68 Å². The van der Waals surface area contributed by atoms with Crippen LogP contribution in [0.4, 0.5) is 0 Å². The van der Waals surface area contributed by atoms with Crippen LogP contribution in [0.25, 0.3) is 5.69 Å². The zero-order chi connectivity index (χ0) is 14.9. The highest BCUT2D eigenvalue weighted by atomic mass is 16.1. The highest BCUT2D eigenvalue weighted by Gasteiger charge is 2.06. The summed E-state index contributed by atoms with van der Waals surface area (Å²) in [4.78, 5) is 11.8. The van der Waals surface area contributed by atoms with Crippen molar-refractivity contribution in [3.63, 3.8) is 0 Å². The van der Waals surface area contributed by atoms with E-state index in [1.165, 1.54) is 19.3 Å². The van der Waals surface area contributed by atoms with Crippen LogP contribution in [0.5, 0.6) is 0 Å². The molecule has 1 aromatic carbocycles. The number of para-hydroxylation sites is 1. The first-order valence-electron chi connectivity index (χ1n) is 7.65. The topological polar surface area (TPSA) is 46.9 Å². The average Bonchev–Trinajstić information content (AvgIpc) is 2.96. The molecule has 2 rings (SSSR count). The number of nitrogens with one attached hydrogen (secondary N) is 1. The first-order valence-corrected chi connectivity index (χ1v) is 7.65. The van der Waals surface area contributed by atoms with Crippen molar-refractivity contribution in [3.05, 3.63) is 48.3 Å². The van der Waals surface area contributed by atoms with Gasteiger partial charge in [-0.15, -0.1) is 0 Å². The fraction of sp³-hybridized carbons (Fsp3) is 0.412. The number of amides is 1. The number of hydrogen-bond acceptors (Lipinski definition) is 2. The van der Waals surface area contributed by atoms with Gasteiger partial charge in [0.2, 0.25) is 5.91 Å². The van der Waals surface area contributed by atoms with Gasteiger partial charge in [-0.1, -0.05) is 44.4 Å². The zero-order valence-corrected chi connectivity index (χ0v) is 12.6. The molecule has 2 aromatic rings. The molecule has 1 N–H and O–H groups in total. The summed E-state index contributed by atoms with van der Waals surface area (Å²) in [5, 5.41) is 7.26. The maximum absolute atomic E-state index is 11.8. The Morgan fingerprint density at radius 2 is 2.00 bits per heavy atom. The molecule has 0 atom stereocenters. The Hall–Kier alpha value is -2.10. The Balaban J connectivity index is 1.78. The smallest absolute Gasteiger partial charge is 0.224 e. The molecule has 1 aromatic heterocycles. The Morgan fingerprint density at radius 3 is 2.76 bits per heavy atom. The van der Waals surface area contributed by atoms with Crippen LogP contribution in [0.15, 0.2) is 42.7 Å². The molecule has 0 aliphatic heterocycles. The molecule has 112 valence electrons. The number of carbonyl (C=O) groups excluding carboxylic acids is 1. The summed E-state index contributed by atoms with van der Waals surface area (Å²) in [5.41, 5.74) is 1.94. The minimum atomic E-state index is 0.0686. The molecule has 0 aliphatic rings. The van der Waals surface area contributed by atoms with Gasteiger partial charge in [0, 0.05) is 12.7 Å². The van der Waals surface area contributed by atoms with Crippen molar-refractivity contribution in [1.29, 1.82) is 0 Å². The highest BCUT2D eigenvalue weighted by Crippen LogP contribution is 2.08. The number of aromatic nitrogens is 2. The van der Waals surface area contributed by atoms with Crippen LogP contribution in [0.1, 0.15) is 38.2 Å². The van der Waals surface area contributed by atoms with Crippen LogP contribution in [0.2, 0.25) is 0 Å². The molecule has 21 heavy (non-hydrogen) atoms. The van der Waals surface area contributed by atoms with Gasteiger partial charge in [0.15, 0.2) is 0 Å². The summed E-state index contributed by atoms with van der Waals surface area (Å²) in [6.07, 6.45) is 8.74. The van der Waals surface area contributed by atoms with Crippen molar-refractivity contribution >= 4 is 5.91 Å². The second-order valence-corrected chi connectivity index (χ2v) is 5.22. The van der Waals surface area contributed by atoms with Crippen LogP contribution >= 0.6 is 0 Å². The number of carbonyl (C=O) groups is 1. The first-order chi connectivity index (χ1) is 10.3. The third-order valence-electron chi connectivity index (χ3n) is 3.37. The van der Waals surface area contributed by atoms with Crippen LogP contribution in [0.3, 0.4) is 0 Å². The number of hydrogen-bond donors (Lipinski definition) is 1. The summed E-state index contributed by atoms with van der Waals surface area (Å²) in [7, 11) is 0. The molecule has 0 saturated carbocycles. The largest absolute Gasteiger partial charge is 0.356 e. The van der Waals surface area contributed by atoms with Crippen molar-refractivity contribution in [2.75, 3.05) is 6.54 Å². The first kappa shape index (κ1) is 15.3. The predicted molar refractivity (Wildman–Crippen MR) is 84.4 cm³/mol. The number of benzene rings is 1. The fourth-order valence-electron chi connectivity index (χ4n) is 2.20. The number of nitrogens with zero attached hydrogens (tertiary/aromatic N) is 2. The molecule has 0 aliphatic carbocycles. The molecule has 1 amide bonds. The van der Waals surface area contributed by atoms with Crippen LogP contribution in [0, 0.1) is 0 Å². The highest BCUT2D eigenvalue weighted by molar-refractivity contribution is 5.78. The third kappa shape index (κ3) is 5.06. The molecular weight excluding hydrogens is 262 g/mol. The molecular formula is C17H23N3O. The molecule has 0 unspecified atom stereocenters. The SMILES string of the molecule is CCCCCCNC(=O)Cc1cnn(-c2ccccc2)c1. The second-order valence-electron chi connectivity index (χ2n) is 5.22. The summed E-state index contributed by atoms with van der Waals surface area (Å²) in [5.74, 6) is 0.0686. The van der Waals surface area contributed by atoms with E-state index in [9.17, 15) is 4.79 Å². The van der Waals surface area contributed by atoms with Gasteiger partial charge in [0.25, 0.3) is 0 Å². The van der Waals surface area contributed by atoms with E-state index in [0.29, 0.717) is 6.42 Å². The van der Waals surface area contributed by atoms with E-state index in [2.05, 4.69) is 17.3 Å². The van der Waals surface area contributed by atoms with Gasteiger partial charge in [-0.05, 0) is 24.1 Å². The Labute approximate surface area is 126 Å². The van der Waals surface area contributed by atoms with Gasteiger partial charge < -0.3 is 5.32 Å². The van der Waals surface area contributed by atoms with Gasteiger partial charge in [-0.2, -0.15) is 5.10 Å². The Kier molecular flexibility index (Phi) is 6.00. The molecule has 1 heterocycles. The normalized spacial score (nSPS) is 10.5. The number of unbranched alkanes of at least 4 members (excludes halogenated alkanes) is 3. The fourth-order valence-corrected chi connectivity index (χ4v) is 2.20. The molecule has 4 nitrogen and oxygen atoms in total. The monoisotopic (exact) mass is 285 g/mol. The summed E-state index contributed by atoms with van der Waals surface area (Å²) >= 11 is 0. The standard InChI is InChI=1S/C17H23N3O/c1-2-3-4-8-11-18-17(21)12-15-13-19-20(14-15)16-9-6-5-7-10-16/h5-7,9-10,13-14H,2-4,8,11-12H2,1H3,(H,18,21). The van der Waals surface area contributed by atoms with Gasteiger partial charge in [0.1, 0.15) is 0 Å². The lowest BCUT2D eigenvalue weighted by atomic mass is 10.2. The summed E-state index contributed by atoms with van der Waals surface area (Å²) in [6, 6.07) is 9.90. The average molecular weight is 285 g/mol. The molecule has 0 fully saturated rings. The second kappa shape index (κ2) is 8.25. The third-order valence-corrected chi connectivity index (χ3v) is 3.37. The molecule has 4 heteroatoms. The summed E-state index contributed by atoms with van der Waals surface area (Å²) in [6.45, 7) is 2.95. The van der Waals surface area contributed by atoms with Crippen LogP contribution in [-0.4, -0.2) is 22.2 Å². The van der Waals surface area contributed by atoms with Crippen molar-refractivity contribution in [3.8, 4) is 5.69 Å². The van der Waals surface area contributed by atoms with E-state index in [-0.39, 0.29) is 5.91 Å².